The second-order valence-corrected chi connectivity index (χ2v) is 6.12. The molecule has 0 aromatic rings. The summed E-state index contributed by atoms with van der Waals surface area (Å²) in [5.74, 6) is 0.274. The van der Waals surface area contributed by atoms with Crippen LogP contribution in [-0.2, 0) is 9.84 Å². The molecule has 0 radical (unpaired) electrons. The van der Waals surface area contributed by atoms with Crippen LogP contribution < -0.4 is 5.73 Å². The molecule has 0 bridgehead atoms. The van der Waals surface area contributed by atoms with Crippen LogP contribution in [0.15, 0.2) is 0 Å². The number of rotatable bonds is 3. The van der Waals surface area contributed by atoms with Gasteiger partial charge in [0.1, 0.15) is 9.84 Å². The van der Waals surface area contributed by atoms with E-state index in [1.807, 2.05) is 0 Å². The Bertz CT molecular complexity index is 240. The summed E-state index contributed by atoms with van der Waals surface area (Å²) in [5, 5.41) is 0. The van der Waals surface area contributed by atoms with Crippen LogP contribution in [0.2, 0.25) is 0 Å². The van der Waals surface area contributed by atoms with Gasteiger partial charge in [-0.25, -0.2) is 8.42 Å². The van der Waals surface area contributed by atoms with E-state index in [4.69, 9.17) is 5.73 Å². The minimum absolute atomic E-state index is 0.0897. The van der Waals surface area contributed by atoms with Gasteiger partial charge in [0.05, 0.1) is 5.75 Å². The Morgan fingerprint density at radius 2 is 1.83 bits per heavy atom. The minimum atomic E-state index is -2.86. The Balaban J connectivity index is 2.68. The molecule has 0 atom stereocenters. The van der Waals surface area contributed by atoms with Gasteiger partial charge in [0.2, 0.25) is 0 Å². The van der Waals surface area contributed by atoms with Crippen LogP contribution in [0.4, 0.5) is 0 Å². The molecule has 1 aliphatic carbocycles. The van der Waals surface area contributed by atoms with E-state index >= 15 is 0 Å². The smallest absolute Gasteiger partial charge is 0.148 e. The number of nitrogens with two attached hydrogens (primary N) is 1. The quantitative estimate of drug-likeness (QED) is 0.708. The summed E-state index contributed by atoms with van der Waals surface area (Å²) in [5.41, 5.74) is 5.52. The van der Waals surface area contributed by atoms with Gasteiger partial charge in [-0.05, 0) is 24.8 Å². The fourth-order valence-corrected chi connectivity index (χ4v) is 3.61. The van der Waals surface area contributed by atoms with Gasteiger partial charge in [-0.15, -0.1) is 0 Å². The SMILES string of the molecule is CS(=O)(=O)CC1(CN)CCCC1. The first-order valence-electron chi connectivity index (χ1n) is 4.35. The molecule has 0 amide bonds. The van der Waals surface area contributed by atoms with E-state index in [1.165, 1.54) is 6.26 Å². The molecule has 1 fully saturated rings. The predicted molar refractivity (Wildman–Crippen MR) is 49.7 cm³/mol. The van der Waals surface area contributed by atoms with E-state index in [2.05, 4.69) is 0 Å². The van der Waals surface area contributed by atoms with E-state index < -0.39 is 9.84 Å². The van der Waals surface area contributed by atoms with Crippen LogP contribution >= 0.6 is 0 Å². The normalized spacial score (nSPS) is 22.8. The highest BCUT2D eigenvalue weighted by Gasteiger charge is 2.35. The molecule has 0 spiro atoms. The number of hydrogen-bond donors (Lipinski definition) is 1. The molecule has 72 valence electrons. The van der Waals surface area contributed by atoms with Crippen molar-refractivity contribution >= 4 is 9.84 Å². The second-order valence-electron chi connectivity index (χ2n) is 3.98. The third-order valence-corrected chi connectivity index (χ3v) is 3.80. The number of hydrogen-bond acceptors (Lipinski definition) is 3. The minimum Gasteiger partial charge on any atom is -0.330 e. The molecule has 0 aliphatic heterocycles. The largest absolute Gasteiger partial charge is 0.330 e. The lowest BCUT2D eigenvalue weighted by molar-refractivity contribution is 0.352. The maximum absolute atomic E-state index is 11.1. The molecule has 0 aromatic carbocycles. The molecule has 1 rings (SSSR count). The average molecular weight is 191 g/mol. The molecule has 1 aliphatic rings. The molecule has 1 saturated carbocycles. The Kier molecular flexibility index (Phi) is 2.78. The molecule has 2 N–H and O–H groups in total. The van der Waals surface area contributed by atoms with Gasteiger partial charge in [0.15, 0.2) is 0 Å². The van der Waals surface area contributed by atoms with E-state index in [9.17, 15) is 8.42 Å². The Morgan fingerprint density at radius 3 is 2.17 bits per heavy atom. The van der Waals surface area contributed by atoms with Crippen molar-refractivity contribution in [1.82, 2.24) is 0 Å². The molecular weight excluding hydrogens is 174 g/mol. The van der Waals surface area contributed by atoms with E-state index in [0.717, 1.165) is 25.7 Å². The predicted octanol–water partition coefficient (Wildman–Crippen LogP) is 0.550. The lowest BCUT2D eigenvalue weighted by Gasteiger charge is -2.25. The average Bonchev–Trinajstić information content (AvgIpc) is 2.34. The van der Waals surface area contributed by atoms with Crippen molar-refractivity contribution in [3.63, 3.8) is 0 Å². The Labute approximate surface area is 74.3 Å². The Hall–Kier alpha value is -0.0900. The standard InChI is InChI=1S/C8H17NO2S/c1-12(10,11)7-8(6-9)4-2-3-5-8/h2-7,9H2,1H3. The first kappa shape index (κ1) is 9.99. The zero-order valence-electron chi connectivity index (χ0n) is 7.54. The molecular formula is C8H17NO2S. The zero-order chi connectivity index (χ0) is 9.24. The van der Waals surface area contributed by atoms with Crippen molar-refractivity contribution < 1.29 is 8.42 Å². The highest BCUT2D eigenvalue weighted by molar-refractivity contribution is 7.90. The molecule has 12 heavy (non-hydrogen) atoms. The summed E-state index contributed by atoms with van der Waals surface area (Å²) in [6.45, 7) is 0.514. The summed E-state index contributed by atoms with van der Waals surface area (Å²) >= 11 is 0. The monoisotopic (exact) mass is 191 g/mol. The van der Waals surface area contributed by atoms with Crippen LogP contribution in [0.1, 0.15) is 25.7 Å². The van der Waals surface area contributed by atoms with Gasteiger partial charge in [-0.1, -0.05) is 12.8 Å². The summed E-state index contributed by atoms with van der Waals surface area (Å²) in [7, 11) is -2.86. The van der Waals surface area contributed by atoms with Gasteiger partial charge in [0, 0.05) is 6.26 Å². The van der Waals surface area contributed by atoms with Crippen molar-refractivity contribution in [1.29, 1.82) is 0 Å². The second kappa shape index (κ2) is 3.34. The van der Waals surface area contributed by atoms with Crippen LogP contribution in [0, 0.1) is 5.41 Å². The summed E-state index contributed by atoms with van der Waals surface area (Å²) in [4.78, 5) is 0. The van der Waals surface area contributed by atoms with E-state index in [0.29, 0.717) is 6.54 Å². The summed E-state index contributed by atoms with van der Waals surface area (Å²) < 4.78 is 22.2. The molecule has 0 unspecified atom stereocenters. The van der Waals surface area contributed by atoms with Gasteiger partial charge < -0.3 is 5.73 Å². The highest BCUT2D eigenvalue weighted by atomic mass is 32.2. The third kappa shape index (κ3) is 2.45. The molecule has 3 nitrogen and oxygen atoms in total. The summed E-state index contributed by atoms with van der Waals surface area (Å²) in [6, 6.07) is 0. The van der Waals surface area contributed by atoms with Crippen molar-refractivity contribution in [2.24, 2.45) is 11.1 Å². The molecule has 0 saturated heterocycles. The topological polar surface area (TPSA) is 60.2 Å². The first-order valence-corrected chi connectivity index (χ1v) is 6.41. The molecule has 0 aromatic heterocycles. The maximum atomic E-state index is 11.1. The van der Waals surface area contributed by atoms with Gasteiger partial charge in [0.25, 0.3) is 0 Å². The lowest BCUT2D eigenvalue weighted by Crippen LogP contribution is -2.34. The van der Waals surface area contributed by atoms with Crippen molar-refractivity contribution in [2.75, 3.05) is 18.6 Å². The van der Waals surface area contributed by atoms with Gasteiger partial charge >= 0.3 is 0 Å². The van der Waals surface area contributed by atoms with E-state index in [-0.39, 0.29) is 11.2 Å². The zero-order valence-corrected chi connectivity index (χ0v) is 8.36. The van der Waals surface area contributed by atoms with Gasteiger partial charge in [-0.2, -0.15) is 0 Å². The van der Waals surface area contributed by atoms with Crippen molar-refractivity contribution in [2.45, 2.75) is 25.7 Å². The van der Waals surface area contributed by atoms with Crippen LogP contribution in [0.3, 0.4) is 0 Å². The molecule has 0 heterocycles. The van der Waals surface area contributed by atoms with Gasteiger partial charge in [-0.3, -0.25) is 0 Å². The molecule has 4 heteroatoms. The fraction of sp³-hybridized carbons (Fsp3) is 1.00. The third-order valence-electron chi connectivity index (χ3n) is 2.67. The highest BCUT2D eigenvalue weighted by Crippen LogP contribution is 2.37. The fourth-order valence-electron chi connectivity index (χ4n) is 2.09. The lowest BCUT2D eigenvalue weighted by atomic mass is 9.89. The number of sulfone groups is 1. The van der Waals surface area contributed by atoms with Crippen LogP contribution in [0.25, 0.3) is 0 Å². The summed E-state index contributed by atoms with van der Waals surface area (Å²) in [6.07, 6.45) is 5.52. The van der Waals surface area contributed by atoms with Crippen LogP contribution in [0.5, 0.6) is 0 Å². The first-order chi connectivity index (χ1) is 5.47. The van der Waals surface area contributed by atoms with Crippen molar-refractivity contribution in [3.8, 4) is 0 Å². The Morgan fingerprint density at radius 1 is 1.33 bits per heavy atom. The van der Waals surface area contributed by atoms with Crippen LogP contribution in [-0.4, -0.2) is 27.0 Å². The maximum Gasteiger partial charge on any atom is 0.148 e. The van der Waals surface area contributed by atoms with E-state index in [1.54, 1.807) is 0 Å². The van der Waals surface area contributed by atoms with Crippen molar-refractivity contribution in [3.05, 3.63) is 0 Å².